The highest BCUT2D eigenvalue weighted by atomic mass is 35.5. The van der Waals surface area contributed by atoms with Crippen LogP contribution in [0.2, 0.25) is 10.0 Å². The Morgan fingerprint density at radius 2 is 1.69 bits per heavy atom. The van der Waals surface area contributed by atoms with E-state index in [1.54, 1.807) is 24.3 Å². The Balaban J connectivity index is 1.56. The quantitative estimate of drug-likeness (QED) is 0.134. The number of thioether (sulfide) groups is 1. The molecule has 1 heterocycles. The van der Waals surface area contributed by atoms with Crippen LogP contribution in [0.1, 0.15) is 29.8 Å². The molecule has 0 fully saturated rings. The molecule has 1 aromatic heterocycles. The van der Waals surface area contributed by atoms with Crippen LogP contribution in [0.3, 0.4) is 0 Å². The van der Waals surface area contributed by atoms with Gasteiger partial charge in [-0.15, -0.1) is 11.8 Å². The molecular weight excluding hydrogens is 465 g/mol. The average molecular weight is 488 g/mol. The lowest BCUT2D eigenvalue weighted by atomic mass is 10.1. The third-order valence-corrected chi connectivity index (χ3v) is 6.58. The molecule has 4 nitrogen and oxygen atoms in total. The minimum Gasteiger partial charge on any atom is -0.486 e. The summed E-state index contributed by atoms with van der Waals surface area (Å²) in [5.74, 6) is -0.679. The van der Waals surface area contributed by atoms with Crippen molar-refractivity contribution in [2.45, 2.75) is 29.9 Å². The number of rotatable bonds is 11. The monoisotopic (exact) mass is 487 g/mol. The molecule has 7 heteroatoms. The number of pyridine rings is 1. The number of carbonyl (C=O) groups is 1. The maximum absolute atomic E-state index is 11.6. The number of carboxylic acid groups (broad SMARTS) is 1. The lowest BCUT2D eigenvalue weighted by molar-refractivity contribution is -0.136. The number of hydrogen-bond donors (Lipinski definition) is 1. The van der Waals surface area contributed by atoms with Gasteiger partial charge in [-0.1, -0.05) is 65.7 Å². The smallest absolute Gasteiger partial charge is 0.371 e. The molecule has 0 spiro atoms. The van der Waals surface area contributed by atoms with Crippen LogP contribution in [-0.4, -0.2) is 22.7 Å². The van der Waals surface area contributed by atoms with Gasteiger partial charge in [-0.3, -0.25) is 4.98 Å². The molecule has 0 bridgehead atoms. The van der Waals surface area contributed by atoms with Crippen LogP contribution in [0.15, 0.2) is 77.4 Å². The molecule has 0 saturated heterocycles. The van der Waals surface area contributed by atoms with Crippen LogP contribution in [0.4, 0.5) is 0 Å². The van der Waals surface area contributed by atoms with Crippen molar-refractivity contribution in [2.24, 2.45) is 0 Å². The second kappa shape index (κ2) is 12.5. The Bertz CT molecular complexity index is 1050. The summed E-state index contributed by atoms with van der Waals surface area (Å²) < 4.78 is 5.53. The van der Waals surface area contributed by atoms with E-state index >= 15 is 0 Å². The molecule has 1 N–H and O–H groups in total. The molecule has 166 valence electrons. The molecule has 0 aliphatic rings. The van der Waals surface area contributed by atoms with Crippen LogP contribution >= 0.6 is 35.0 Å². The van der Waals surface area contributed by atoms with Crippen LogP contribution in [0, 0.1) is 0 Å². The van der Waals surface area contributed by atoms with E-state index in [1.165, 1.54) is 23.4 Å². The number of nitrogens with zero attached hydrogens (tertiary/aromatic N) is 1. The zero-order chi connectivity index (χ0) is 22.8. The van der Waals surface area contributed by atoms with Crippen molar-refractivity contribution < 1.29 is 14.6 Å². The zero-order valence-corrected chi connectivity index (χ0v) is 19.7. The van der Waals surface area contributed by atoms with Gasteiger partial charge in [0.15, 0.2) is 0 Å². The van der Waals surface area contributed by atoms with Gasteiger partial charge in [-0.2, -0.15) is 0 Å². The summed E-state index contributed by atoms with van der Waals surface area (Å²) >= 11 is 13.9. The van der Waals surface area contributed by atoms with Crippen LogP contribution in [0.5, 0.6) is 0 Å². The first-order valence-corrected chi connectivity index (χ1v) is 11.9. The number of benzene rings is 2. The fraction of sp³-hybridized carbons (Fsp3) is 0.200. The lowest BCUT2D eigenvalue weighted by Gasteiger charge is -2.08. The molecule has 0 saturated carbocycles. The maximum atomic E-state index is 11.6. The minimum absolute atomic E-state index is 0.115. The Labute approximate surface area is 202 Å². The van der Waals surface area contributed by atoms with E-state index in [4.69, 9.17) is 27.9 Å². The third-order valence-electron chi connectivity index (χ3n) is 4.56. The molecular formula is C25H23Cl2NO3S. The van der Waals surface area contributed by atoms with Gasteiger partial charge in [-0.05, 0) is 49.1 Å². The number of unbranched alkanes of at least 4 members (excludes halogenated alkanes) is 1. The summed E-state index contributed by atoms with van der Waals surface area (Å²) in [5.41, 5.74) is 2.57. The van der Waals surface area contributed by atoms with Gasteiger partial charge >= 0.3 is 5.97 Å². The summed E-state index contributed by atoms with van der Waals surface area (Å²) in [4.78, 5) is 16.9. The number of ether oxygens (including phenoxy) is 1. The number of halogens is 2. The van der Waals surface area contributed by atoms with E-state index in [0.717, 1.165) is 29.9 Å². The van der Waals surface area contributed by atoms with Crippen molar-refractivity contribution in [3.05, 3.63) is 99.5 Å². The first-order chi connectivity index (χ1) is 15.5. The van der Waals surface area contributed by atoms with E-state index in [-0.39, 0.29) is 5.76 Å². The highest BCUT2D eigenvalue weighted by molar-refractivity contribution is 7.98. The zero-order valence-electron chi connectivity index (χ0n) is 17.3. The molecule has 0 radical (unpaired) electrons. The first-order valence-electron chi connectivity index (χ1n) is 10.2. The van der Waals surface area contributed by atoms with Gasteiger partial charge in [0.2, 0.25) is 5.76 Å². The number of hydrogen-bond acceptors (Lipinski definition) is 4. The highest BCUT2D eigenvalue weighted by Gasteiger charge is 2.11. The van der Waals surface area contributed by atoms with Gasteiger partial charge < -0.3 is 9.84 Å². The number of aliphatic carboxylic acids is 1. The molecule has 0 aliphatic carbocycles. The molecule has 2 aromatic carbocycles. The van der Waals surface area contributed by atoms with Crippen molar-refractivity contribution in [2.75, 3.05) is 6.61 Å². The Kier molecular flexibility index (Phi) is 9.47. The summed E-state index contributed by atoms with van der Waals surface area (Å²) in [6.07, 6.45) is 4.08. The topological polar surface area (TPSA) is 59.4 Å². The maximum Gasteiger partial charge on any atom is 0.371 e. The SMILES string of the molecule is O=C(O)/C(=C\c1cccc(CSc2c(Cl)cccc2Cl)n1)OCCCCc1ccccc1. The number of aromatic nitrogens is 1. The molecule has 0 aliphatic heterocycles. The fourth-order valence-corrected chi connectivity index (χ4v) is 4.57. The van der Waals surface area contributed by atoms with Gasteiger partial charge in [0.1, 0.15) is 0 Å². The molecule has 0 amide bonds. The van der Waals surface area contributed by atoms with Crippen molar-refractivity contribution in [1.82, 2.24) is 4.98 Å². The standard InChI is InChI=1S/C25H23Cl2NO3S/c26-21-13-7-14-22(27)24(21)32-17-20-12-6-11-19(28-20)16-23(25(29)30)31-15-5-4-10-18-8-2-1-3-9-18/h1-3,6-9,11-14,16H,4-5,10,15,17H2,(H,29,30)/b23-16+. The van der Waals surface area contributed by atoms with E-state index in [2.05, 4.69) is 17.1 Å². The van der Waals surface area contributed by atoms with Crippen molar-refractivity contribution in [1.29, 1.82) is 0 Å². The Morgan fingerprint density at radius 1 is 0.969 bits per heavy atom. The third kappa shape index (κ3) is 7.59. The van der Waals surface area contributed by atoms with E-state index < -0.39 is 5.97 Å². The molecule has 0 atom stereocenters. The fourth-order valence-electron chi connectivity index (χ4n) is 2.98. The van der Waals surface area contributed by atoms with E-state index in [9.17, 15) is 9.90 Å². The molecule has 0 unspecified atom stereocenters. The van der Waals surface area contributed by atoms with Crippen molar-refractivity contribution in [3.8, 4) is 0 Å². The molecule has 3 aromatic rings. The largest absolute Gasteiger partial charge is 0.486 e. The summed E-state index contributed by atoms with van der Waals surface area (Å²) in [5, 5.41) is 10.7. The van der Waals surface area contributed by atoms with Gasteiger partial charge in [-0.25, -0.2) is 4.79 Å². The second-order valence-corrected chi connectivity index (χ2v) is 8.80. The molecule has 3 rings (SSSR count). The number of carboxylic acids is 1. The van der Waals surface area contributed by atoms with E-state index in [1.807, 2.05) is 30.3 Å². The Hall–Kier alpha value is -2.47. The van der Waals surface area contributed by atoms with Crippen LogP contribution < -0.4 is 0 Å². The van der Waals surface area contributed by atoms with Crippen LogP contribution in [0.25, 0.3) is 6.08 Å². The second-order valence-electron chi connectivity index (χ2n) is 7.00. The number of aryl methyl sites for hydroxylation is 1. The predicted molar refractivity (Wildman–Crippen MR) is 131 cm³/mol. The summed E-state index contributed by atoms with van der Waals surface area (Å²) in [6, 6.07) is 21.0. The van der Waals surface area contributed by atoms with Crippen LogP contribution in [-0.2, 0) is 21.7 Å². The van der Waals surface area contributed by atoms with Gasteiger partial charge in [0.25, 0.3) is 0 Å². The van der Waals surface area contributed by atoms with Gasteiger partial charge in [0, 0.05) is 16.7 Å². The minimum atomic E-state index is -1.11. The van der Waals surface area contributed by atoms with Gasteiger partial charge in [0.05, 0.1) is 28.0 Å². The summed E-state index contributed by atoms with van der Waals surface area (Å²) in [6.45, 7) is 0.339. The predicted octanol–water partition coefficient (Wildman–Crippen LogP) is 7.15. The Morgan fingerprint density at radius 3 is 2.41 bits per heavy atom. The highest BCUT2D eigenvalue weighted by Crippen LogP contribution is 2.35. The van der Waals surface area contributed by atoms with E-state index in [0.29, 0.717) is 28.1 Å². The summed E-state index contributed by atoms with van der Waals surface area (Å²) in [7, 11) is 0. The average Bonchev–Trinajstić information content (AvgIpc) is 2.78. The lowest BCUT2D eigenvalue weighted by Crippen LogP contribution is -2.07. The normalized spacial score (nSPS) is 11.4. The first kappa shape index (κ1) is 24.2. The molecule has 32 heavy (non-hydrogen) atoms. The van der Waals surface area contributed by atoms with Crippen molar-refractivity contribution in [3.63, 3.8) is 0 Å². The van der Waals surface area contributed by atoms with Crippen molar-refractivity contribution >= 4 is 47.0 Å².